The molecule has 1 aromatic rings. The van der Waals surface area contributed by atoms with E-state index in [2.05, 4.69) is 31.4 Å². The van der Waals surface area contributed by atoms with Crippen LogP contribution >= 0.6 is 0 Å². The van der Waals surface area contributed by atoms with Gasteiger partial charge in [0.25, 0.3) is 0 Å². The molecule has 5 nitrogen and oxygen atoms in total. The van der Waals surface area contributed by atoms with Gasteiger partial charge in [-0.05, 0) is 23.8 Å². The molecule has 0 bridgehead atoms. The molecular formula is C19H26N2O3. The zero-order valence-electron chi connectivity index (χ0n) is 14.6. The van der Waals surface area contributed by atoms with Crippen molar-refractivity contribution in [3.05, 3.63) is 35.4 Å². The van der Waals surface area contributed by atoms with Crippen molar-refractivity contribution in [2.24, 2.45) is 0 Å². The third-order valence-electron chi connectivity index (χ3n) is 4.04. The van der Waals surface area contributed by atoms with E-state index in [-0.39, 0.29) is 48.4 Å². The number of hydrogen-bond acceptors (Lipinski definition) is 3. The molecule has 1 saturated carbocycles. The van der Waals surface area contributed by atoms with Gasteiger partial charge in [0.15, 0.2) is 5.78 Å². The summed E-state index contributed by atoms with van der Waals surface area (Å²) in [6, 6.07) is 7.81. The maximum atomic E-state index is 12.1. The largest absolute Gasteiger partial charge is 0.352 e. The molecule has 0 aromatic heterocycles. The quantitative estimate of drug-likeness (QED) is 0.754. The van der Waals surface area contributed by atoms with Crippen molar-refractivity contribution in [3.8, 4) is 0 Å². The number of benzene rings is 1. The smallest absolute Gasteiger partial charge is 0.239 e. The van der Waals surface area contributed by atoms with Crippen molar-refractivity contribution in [1.82, 2.24) is 10.6 Å². The molecule has 0 atom stereocenters. The van der Waals surface area contributed by atoms with E-state index in [1.54, 1.807) is 0 Å². The molecule has 1 aliphatic carbocycles. The first-order valence-electron chi connectivity index (χ1n) is 8.45. The lowest BCUT2D eigenvalue weighted by molar-refractivity contribution is -0.126. The molecule has 130 valence electrons. The Balaban J connectivity index is 1.73. The summed E-state index contributed by atoms with van der Waals surface area (Å²) in [7, 11) is 0. The number of carbonyl (C=O) groups is 3. The minimum Gasteiger partial charge on any atom is -0.352 e. The van der Waals surface area contributed by atoms with Gasteiger partial charge in [-0.1, -0.05) is 45.0 Å². The highest BCUT2D eigenvalue weighted by Crippen LogP contribution is 2.22. The average molecular weight is 330 g/mol. The van der Waals surface area contributed by atoms with Crippen LogP contribution in [0, 0.1) is 0 Å². The van der Waals surface area contributed by atoms with E-state index in [4.69, 9.17) is 0 Å². The molecule has 1 aromatic carbocycles. The van der Waals surface area contributed by atoms with E-state index in [1.807, 2.05) is 24.3 Å². The van der Waals surface area contributed by atoms with Gasteiger partial charge in [-0.3, -0.25) is 14.4 Å². The zero-order valence-corrected chi connectivity index (χ0v) is 14.6. The van der Waals surface area contributed by atoms with Crippen LogP contribution in [0.3, 0.4) is 0 Å². The fraction of sp³-hybridized carbons (Fsp3) is 0.526. The second-order valence-corrected chi connectivity index (χ2v) is 7.37. The summed E-state index contributed by atoms with van der Waals surface area (Å²) in [4.78, 5) is 35.3. The lowest BCUT2D eigenvalue weighted by Gasteiger charge is -2.18. The minimum atomic E-state index is -0.277. The maximum Gasteiger partial charge on any atom is 0.239 e. The van der Waals surface area contributed by atoms with Crippen molar-refractivity contribution < 1.29 is 14.4 Å². The molecule has 1 fully saturated rings. The van der Waals surface area contributed by atoms with Crippen molar-refractivity contribution in [2.75, 3.05) is 6.54 Å². The molecule has 0 radical (unpaired) electrons. The van der Waals surface area contributed by atoms with Gasteiger partial charge >= 0.3 is 0 Å². The zero-order chi connectivity index (χ0) is 17.7. The Morgan fingerprint density at radius 2 is 1.62 bits per heavy atom. The number of ketones is 1. The maximum absolute atomic E-state index is 12.1. The molecule has 0 heterocycles. The van der Waals surface area contributed by atoms with Crippen molar-refractivity contribution in [2.45, 2.75) is 57.9 Å². The highest BCUT2D eigenvalue weighted by Gasteiger charge is 2.23. The summed E-state index contributed by atoms with van der Waals surface area (Å²) >= 11 is 0. The van der Waals surface area contributed by atoms with Crippen LogP contribution in [0.25, 0.3) is 0 Å². The number of amides is 2. The molecule has 2 rings (SSSR count). The van der Waals surface area contributed by atoms with E-state index in [0.29, 0.717) is 5.56 Å². The first-order chi connectivity index (χ1) is 11.3. The van der Waals surface area contributed by atoms with Crippen LogP contribution in [-0.2, 0) is 15.0 Å². The predicted octanol–water partition coefficient (Wildman–Crippen LogP) is 2.34. The van der Waals surface area contributed by atoms with Crippen molar-refractivity contribution in [3.63, 3.8) is 0 Å². The van der Waals surface area contributed by atoms with Gasteiger partial charge in [0.1, 0.15) is 0 Å². The van der Waals surface area contributed by atoms with Crippen LogP contribution in [0.5, 0.6) is 0 Å². The Kier molecular flexibility index (Phi) is 5.75. The number of hydrogen-bond donors (Lipinski definition) is 2. The van der Waals surface area contributed by atoms with Crippen LogP contribution in [-0.4, -0.2) is 30.2 Å². The Bertz CT molecular complexity index is 610. The Morgan fingerprint density at radius 3 is 2.17 bits per heavy atom. The summed E-state index contributed by atoms with van der Waals surface area (Å²) in [5.74, 6) is -0.511. The first-order valence-corrected chi connectivity index (χ1v) is 8.45. The molecular weight excluding hydrogens is 304 g/mol. The van der Waals surface area contributed by atoms with Crippen molar-refractivity contribution in [1.29, 1.82) is 0 Å². The van der Waals surface area contributed by atoms with Gasteiger partial charge in [0, 0.05) is 24.4 Å². The summed E-state index contributed by atoms with van der Waals surface area (Å²) in [5, 5.41) is 5.34. The van der Waals surface area contributed by atoms with Gasteiger partial charge in [-0.2, -0.15) is 0 Å². The molecule has 0 aliphatic heterocycles. The van der Waals surface area contributed by atoms with E-state index >= 15 is 0 Å². The van der Waals surface area contributed by atoms with Crippen LogP contribution < -0.4 is 10.6 Å². The molecule has 5 heteroatoms. The molecule has 1 aliphatic rings. The van der Waals surface area contributed by atoms with Gasteiger partial charge in [0.2, 0.25) is 11.8 Å². The average Bonchev–Trinajstić information content (AvgIpc) is 3.33. The van der Waals surface area contributed by atoms with E-state index < -0.39 is 0 Å². The second-order valence-electron chi connectivity index (χ2n) is 7.37. The molecule has 0 saturated heterocycles. The molecule has 2 N–H and O–H groups in total. The number of rotatable bonds is 7. The fourth-order valence-corrected chi connectivity index (χ4v) is 2.30. The summed E-state index contributed by atoms with van der Waals surface area (Å²) in [6.07, 6.45) is 2.27. The lowest BCUT2D eigenvalue weighted by atomic mass is 9.86. The number of nitrogens with one attached hydrogen (secondary N) is 2. The fourth-order valence-electron chi connectivity index (χ4n) is 2.30. The van der Waals surface area contributed by atoms with E-state index in [9.17, 15) is 14.4 Å². The van der Waals surface area contributed by atoms with Crippen LogP contribution in [0.4, 0.5) is 0 Å². The van der Waals surface area contributed by atoms with Gasteiger partial charge in [-0.25, -0.2) is 0 Å². The molecule has 2 amide bonds. The summed E-state index contributed by atoms with van der Waals surface area (Å²) in [6.45, 7) is 6.33. The predicted molar refractivity (Wildman–Crippen MR) is 92.9 cm³/mol. The lowest BCUT2D eigenvalue weighted by Crippen LogP contribution is -2.37. The number of Topliss-reactive ketones (excluding diaryl/α,β-unsaturated/α-hetero) is 1. The van der Waals surface area contributed by atoms with Crippen LogP contribution in [0.15, 0.2) is 24.3 Å². The monoisotopic (exact) mass is 330 g/mol. The third-order valence-corrected chi connectivity index (χ3v) is 4.04. The Hall–Kier alpha value is -2.17. The molecule has 0 unspecified atom stereocenters. The topological polar surface area (TPSA) is 75.3 Å². The number of carbonyl (C=O) groups excluding carboxylic acids is 3. The summed E-state index contributed by atoms with van der Waals surface area (Å²) < 4.78 is 0. The Morgan fingerprint density at radius 1 is 1.00 bits per heavy atom. The third kappa shape index (κ3) is 5.80. The second kappa shape index (κ2) is 7.60. The van der Waals surface area contributed by atoms with Crippen LogP contribution in [0.1, 0.15) is 62.4 Å². The normalized spacial score (nSPS) is 14.1. The van der Waals surface area contributed by atoms with E-state index in [1.165, 1.54) is 5.56 Å². The Labute approximate surface area is 143 Å². The first kappa shape index (κ1) is 18.2. The standard InChI is InChI=1S/C19H26N2O3/c1-19(2,3)14-6-4-13(5-7-14)16(22)10-11-17(23)20-12-18(24)21-15-8-9-15/h4-7,15H,8-12H2,1-3H3,(H,20,23)(H,21,24). The van der Waals surface area contributed by atoms with Gasteiger partial charge in [0.05, 0.1) is 6.54 Å². The van der Waals surface area contributed by atoms with Crippen molar-refractivity contribution >= 4 is 17.6 Å². The SMILES string of the molecule is CC(C)(C)c1ccc(C(=O)CCC(=O)NCC(=O)NC2CC2)cc1. The highest BCUT2D eigenvalue weighted by atomic mass is 16.2. The molecule has 0 spiro atoms. The van der Waals surface area contributed by atoms with Gasteiger partial charge < -0.3 is 10.6 Å². The molecule has 24 heavy (non-hydrogen) atoms. The van der Waals surface area contributed by atoms with Crippen LogP contribution in [0.2, 0.25) is 0 Å². The summed E-state index contributed by atoms with van der Waals surface area (Å²) in [5.41, 5.74) is 1.82. The highest BCUT2D eigenvalue weighted by molar-refractivity contribution is 5.98. The minimum absolute atomic E-state index is 0.0240. The van der Waals surface area contributed by atoms with Gasteiger partial charge in [-0.15, -0.1) is 0 Å². The van der Waals surface area contributed by atoms with E-state index in [0.717, 1.165) is 12.8 Å².